The number of hydrogen-bond donors (Lipinski definition) is 0. The van der Waals surface area contributed by atoms with Crippen molar-refractivity contribution in [1.29, 1.82) is 0 Å². The summed E-state index contributed by atoms with van der Waals surface area (Å²) >= 11 is 13.1. The van der Waals surface area contributed by atoms with Gasteiger partial charge in [0.25, 0.3) is 0 Å². The second kappa shape index (κ2) is 10.6. The third-order valence-corrected chi connectivity index (χ3v) is 8.88. The zero-order chi connectivity index (χ0) is 26.4. The molecule has 2 aromatic carbocycles. The van der Waals surface area contributed by atoms with E-state index in [1.54, 1.807) is 0 Å². The maximum atomic E-state index is 6.56. The molecule has 2 unspecified atom stereocenters. The molecule has 8 heteroatoms. The van der Waals surface area contributed by atoms with Gasteiger partial charge in [-0.15, -0.1) is 0 Å². The molecular formula is C30H33Cl2N3O3. The maximum Gasteiger partial charge on any atom is 0.190 e. The van der Waals surface area contributed by atoms with Crippen LogP contribution < -0.4 is 4.89 Å². The first kappa shape index (κ1) is 25.8. The van der Waals surface area contributed by atoms with Crippen LogP contribution in [0.1, 0.15) is 61.3 Å². The first-order valence-electron chi connectivity index (χ1n) is 13.4. The molecule has 3 heterocycles. The Morgan fingerprint density at radius 3 is 2.58 bits per heavy atom. The van der Waals surface area contributed by atoms with E-state index in [1.165, 1.54) is 18.2 Å². The number of hydrogen-bond acceptors (Lipinski definition) is 5. The molecule has 1 aliphatic carbocycles. The van der Waals surface area contributed by atoms with Crippen molar-refractivity contribution in [2.24, 2.45) is 7.05 Å². The highest BCUT2D eigenvalue weighted by atomic mass is 35.5. The number of aryl methyl sites for hydroxylation is 1. The predicted octanol–water partition coefficient (Wildman–Crippen LogP) is 7.77. The van der Waals surface area contributed by atoms with Crippen molar-refractivity contribution in [2.45, 2.75) is 56.9 Å². The zero-order valence-electron chi connectivity index (χ0n) is 22.0. The van der Waals surface area contributed by atoms with Gasteiger partial charge in [-0.3, -0.25) is 0 Å². The number of halogens is 2. The Morgan fingerprint density at radius 1 is 1.08 bits per heavy atom. The van der Waals surface area contributed by atoms with Gasteiger partial charge in [0.05, 0.1) is 28.9 Å². The molecule has 0 N–H and O–H groups in total. The van der Waals surface area contributed by atoms with Crippen molar-refractivity contribution in [1.82, 2.24) is 14.6 Å². The number of likely N-dealkylation sites (tertiary alicyclic amines) is 1. The summed E-state index contributed by atoms with van der Waals surface area (Å²) in [5.41, 5.74) is 5.30. The lowest BCUT2D eigenvalue weighted by molar-refractivity contribution is -0.176. The Morgan fingerprint density at radius 2 is 1.87 bits per heavy atom. The first-order chi connectivity index (χ1) is 18.4. The highest BCUT2D eigenvalue weighted by Gasteiger charge is 2.34. The van der Waals surface area contributed by atoms with Crippen molar-refractivity contribution >= 4 is 34.1 Å². The number of benzene rings is 2. The topological polar surface area (TPSA) is 52.7 Å². The van der Waals surface area contributed by atoms with E-state index in [4.69, 9.17) is 37.5 Å². The van der Waals surface area contributed by atoms with Gasteiger partial charge in [0.1, 0.15) is 11.5 Å². The fraction of sp³-hybridized carbons (Fsp3) is 0.433. The molecule has 38 heavy (non-hydrogen) atoms. The van der Waals surface area contributed by atoms with Crippen LogP contribution in [-0.2, 0) is 18.4 Å². The summed E-state index contributed by atoms with van der Waals surface area (Å²) in [6, 6.07) is 12.8. The van der Waals surface area contributed by atoms with Gasteiger partial charge in [0.15, 0.2) is 5.75 Å². The summed E-state index contributed by atoms with van der Waals surface area (Å²) in [5.74, 6) is 2.77. The number of fused-ring (bicyclic) bond motifs is 1. The van der Waals surface area contributed by atoms with Crippen molar-refractivity contribution < 1.29 is 14.3 Å². The summed E-state index contributed by atoms with van der Waals surface area (Å²) in [5, 5.41) is 6.76. The fourth-order valence-corrected chi connectivity index (χ4v) is 6.61. The van der Waals surface area contributed by atoms with Gasteiger partial charge in [-0.05, 0) is 81.3 Å². The zero-order valence-corrected chi connectivity index (χ0v) is 23.6. The van der Waals surface area contributed by atoms with Crippen LogP contribution in [0.5, 0.6) is 5.75 Å². The van der Waals surface area contributed by atoms with Crippen molar-refractivity contribution in [2.75, 3.05) is 20.2 Å². The second-order valence-electron chi connectivity index (χ2n) is 10.7. The van der Waals surface area contributed by atoms with E-state index in [0.29, 0.717) is 27.9 Å². The molecule has 2 aromatic heterocycles. The van der Waals surface area contributed by atoms with Gasteiger partial charge in [0.2, 0.25) is 0 Å². The van der Waals surface area contributed by atoms with Gasteiger partial charge in [-0.1, -0.05) is 40.5 Å². The number of piperidine rings is 1. The molecule has 6 nitrogen and oxygen atoms in total. The van der Waals surface area contributed by atoms with Gasteiger partial charge in [-0.25, -0.2) is 0 Å². The fourth-order valence-electron chi connectivity index (χ4n) is 6.04. The minimum Gasteiger partial charge on any atom is -0.360 e. The van der Waals surface area contributed by atoms with Crippen LogP contribution in [0.4, 0.5) is 0 Å². The summed E-state index contributed by atoms with van der Waals surface area (Å²) < 4.78 is 7.99. The summed E-state index contributed by atoms with van der Waals surface area (Å²) in [6.07, 6.45) is 7.41. The summed E-state index contributed by atoms with van der Waals surface area (Å²) in [7, 11) is 3.58. The number of nitrogens with zero attached hydrogens (tertiary/aromatic N) is 3. The predicted molar refractivity (Wildman–Crippen MR) is 151 cm³/mol. The Kier molecular flexibility index (Phi) is 7.16. The Balaban J connectivity index is 1.17. The van der Waals surface area contributed by atoms with Crippen LogP contribution in [0.3, 0.4) is 0 Å². The molecule has 6 rings (SSSR count). The average Bonchev–Trinajstić information content (AvgIpc) is 3.60. The van der Waals surface area contributed by atoms with Crippen molar-refractivity contribution in [3.8, 4) is 17.0 Å². The maximum absolute atomic E-state index is 6.56. The van der Waals surface area contributed by atoms with Crippen LogP contribution in [0.2, 0.25) is 10.0 Å². The standard InChI is InChI=1S/C30H33Cl2N3O3/c1-18-15-21(20-9-10-22-26(16-20)34(2)17-27(22)38-36-3)11-13-35(18)14-12-23-29(33-37-30(23)19-7-8-19)28-24(31)5-4-6-25(28)32/h4-6,9-10,16-19,21H,7-8,11-15H2,1-3H3. The van der Waals surface area contributed by atoms with E-state index in [2.05, 4.69) is 39.7 Å². The molecule has 0 amide bonds. The van der Waals surface area contributed by atoms with Crippen LogP contribution >= 0.6 is 23.2 Å². The monoisotopic (exact) mass is 553 g/mol. The van der Waals surface area contributed by atoms with Crippen molar-refractivity contribution in [3.05, 3.63) is 69.5 Å². The molecule has 2 aliphatic rings. The lowest BCUT2D eigenvalue weighted by atomic mass is 9.85. The molecule has 200 valence electrons. The van der Waals surface area contributed by atoms with Gasteiger partial charge >= 0.3 is 0 Å². The van der Waals surface area contributed by atoms with Crippen LogP contribution in [-0.4, -0.2) is 40.9 Å². The molecule has 4 aromatic rings. The van der Waals surface area contributed by atoms with E-state index < -0.39 is 0 Å². The largest absolute Gasteiger partial charge is 0.360 e. The minimum atomic E-state index is 0.470. The molecule has 2 fully saturated rings. The molecule has 0 bridgehead atoms. The molecule has 1 aliphatic heterocycles. The molecule has 1 saturated carbocycles. The Labute approximate surface area is 233 Å². The molecule has 0 spiro atoms. The number of rotatable bonds is 8. The lowest BCUT2D eigenvalue weighted by Gasteiger charge is -2.38. The second-order valence-corrected chi connectivity index (χ2v) is 11.5. The first-order valence-corrected chi connectivity index (χ1v) is 14.2. The Bertz CT molecular complexity index is 1440. The van der Waals surface area contributed by atoms with Gasteiger partial charge in [-0.2, -0.15) is 4.89 Å². The SMILES string of the molecule is COOc1cn(C)c2cc(C3CCN(CCc4c(-c5c(Cl)cccc5Cl)noc4C4CC4)C(C)C3)ccc12. The lowest BCUT2D eigenvalue weighted by Crippen LogP contribution is -2.41. The molecule has 1 saturated heterocycles. The minimum absolute atomic E-state index is 0.470. The molecule has 2 atom stereocenters. The average molecular weight is 555 g/mol. The summed E-state index contributed by atoms with van der Waals surface area (Å²) in [6.45, 7) is 4.36. The van der Waals surface area contributed by atoms with E-state index in [1.807, 2.05) is 31.4 Å². The summed E-state index contributed by atoms with van der Waals surface area (Å²) in [4.78, 5) is 12.8. The van der Waals surface area contributed by atoms with Crippen molar-refractivity contribution in [3.63, 3.8) is 0 Å². The number of aromatic nitrogens is 2. The van der Waals surface area contributed by atoms with E-state index in [9.17, 15) is 0 Å². The van der Waals surface area contributed by atoms with E-state index >= 15 is 0 Å². The third-order valence-electron chi connectivity index (χ3n) is 8.25. The van der Waals surface area contributed by atoms with Crippen LogP contribution in [0.15, 0.2) is 47.1 Å². The third kappa shape index (κ3) is 4.84. The molecular weight excluding hydrogens is 521 g/mol. The normalized spacial score (nSPS) is 20.3. The van der Waals surface area contributed by atoms with Crippen LogP contribution in [0.25, 0.3) is 22.2 Å². The highest BCUT2D eigenvalue weighted by molar-refractivity contribution is 6.39. The van der Waals surface area contributed by atoms with E-state index in [0.717, 1.165) is 78.9 Å². The Hall–Kier alpha value is -2.51. The van der Waals surface area contributed by atoms with Crippen LogP contribution in [0, 0.1) is 0 Å². The highest BCUT2D eigenvalue weighted by Crippen LogP contribution is 2.46. The molecule has 0 radical (unpaired) electrons. The quantitative estimate of drug-likeness (QED) is 0.165. The smallest absolute Gasteiger partial charge is 0.190 e. The van der Waals surface area contributed by atoms with Gasteiger partial charge in [0, 0.05) is 42.1 Å². The van der Waals surface area contributed by atoms with E-state index in [-0.39, 0.29) is 0 Å². The van der Waals surface area contributed by atoms with Gasteiger partial charge < -0.3 is 18.9 Å².